The first-order valence-electron chi connectivity index (χ1n) is 16.0. The average molecular weight is 613 g/mol. The van der Waals surface area contributed by atoms with Crippen LogP contribution in [0.1, 0.15) is 0 Å². The van der Waals surface area contributed by atoms with Crippen molar-refractivity contribution in [2.75, 3.05) is 0 Å². The fraction of sp³-hybridized carbons (Fsp3) is 0. The molecular weight excluding hydrogens is 585 g/mol. The Balaban J connectivity index is 1.13. The van der Waals surface area contributed by atoms with Gasteiger partial charge in [0.15, 0.2) is 5.82 Å². The van der Waals surface area contributed by atoms with Crippen molar-refractivity contribution in [1.82, 2.24) is 19.9 Å². The topological polar surface area (TPSA) is 51.6 Å². The van der Waals surface area contributed by atoms with E-state index in [1.807, 2.05) is 67.0 Å². The zero-order valence-electron chi connectivity index (χ0n) is 26.0. The second-order valence-electron chi connectivity index (χ2n) is 11.9. The van der Waals surface area contributed by atoms with E-state index in [0.29, 0.717) is 5.82 Å². The van der Waals surface area contributed by atoms with Gasteiger partial charge >= 0.3 is 0 Å². The Kier molecular flexibility index (Phi) is 6.76. The molecule has 9 rings (SSSR count). The van der Waals surface area contributed by atoms with Crippen molar-refractivity contribution in [1.29, 1.82) is 0 Å². The first kappa shape index (κ1) is 27.8. The molecule has 0 saturated heterocycles. The van der Waals surface area contributed by atoms with E-state index < -0.39 is 0 Å². The van der Waals surface area contributed by atoms with E-state index >= 15 is 0 Å². The third kappa shape index (κ3) is 4.97. The first-order valence-corrected chi connectivity index (χ1v) is 16.0. The number of hydrogen-bond donors (Lipinski definition) is 0. The summed E-state index contributed by atoms with van der Waals surface area (Å²) in [6.07, 6.45) is 3.92. The summed E-state index contributed by atoms with van der Waals surface area (Å²) in [6, 6.07) is 54.5. The second kappa shape index (κ2) is 11.7. The molecule has 6 aromatic carbocycles. The lowest BCUT2D eigenvalue weighted by Crippen LogP contribution is -1.95. The van der Waals surface area contributed by atoms with E-state index in [0.717, 1.165) is 72.1 Å². The number of nitrogens with zero attached hydrogens (tertiary/aromatic N) is 4. The highest BCUT2D eigenvalue weighted by Gasteiger charge is 2.14. The lowest BCUT2D eigenvalue weighted by atomic mass is 9.95. The lowest BCUT2D eigenvalue weighted by Gasteiger charge is -2.12. The smallest absolute Gasteiger partial charge is 0.160 e. The van der Waals surface area contributed by atoms with Crippen molar-refractivity contribution in [3.63, 3.8) is 0 Å². The zero-order valence-corrected chi connectivity index (χ0v) is 26.0. The van der Waals surface area contributed by atoms with Gasteiger partial charge in [-0.15, -0.1) is 0 Å². The summed E-state index contributed by atoms with van der Waals surface area (Å²) in [6.45, 7) is 0. The van der Waals surface area contributed by atoms with Crippen molar-refractivity contribution in [2.45, 2.75) is 0 Å². The summed E-state index contributed by atoms with van der Waals surface area (Å²) >= 11 is 0. The van der Waals surface area contributed by atoms with Crippen LogP contribution in [-0.4, -0.2) is 19.9 Å². The number of aromatic nitrogens is 4. The molecule has 224 valence electrons. The number of benzene rings is 6. The van der Waals surface area contributed by atoms with E-state index in [1.54, 1.807) is 0 Å². The van der Waals surface area contributed by atoms with Gasteiger partial charge < -0.3 is 0 Å². The maximum absolute atomic E-state index is 5.03. The van der Waals surface area contributed by atoms with Crippen LogP contribution in [0.15, 0.2) is 170 Å². The molecule has 0 amide bonds. The van der Waals surface area contributed by atoms with Crippen LogP contribution < -0.4 is 0 Å². The Hall–Kier alpha value is -6.52. The van der Waals surface area contributed by atoms with Crippen molar-refractivity contribution >= 4 is 32.6 Å². The minimum atomic E-state index is 0.707. The standard InChI is InChI=1S/C44H28N4/c1-4-12-29(13-5-1)34-24-38-36-18-10-11-19-37(36)39-25-35(28-46-43(39)42(38)45-27-34)30-20-22-32(23-21-30)41-26-40(31-14-6-2-7-15-31)47-44(48-41)33-16-8-3-9-17-33/h1-28H. The molecule has 0 atom stereocenters. The van der Waals surface area contributed by atoms with Crippen LogP contribution in [0.25, 0.3) is 88.7 Å². The van der Waals surface area contributed by atoms with Crippen LogP contribution in [0, 0.1) is 0 Å². The number of pyridine rings is 2. The summed E-state index contributed by atoms with van der Waals surface area (Å²) < 4.78 is 0. The predicted molar refractivity (Wildman–Crippen MR) is 197 cm³/mol. The molecule has 3 heterocycles. The summed E-state index contributed by atoms with van der Waals surface area (Å²) in [5.41, 5.74) is 11.1. The van der Waals surface area contributed by atoms with Gasteiger partial charge in [-0.3, -0.25) is 9.97 Å². The summed E-state index contributed by atoms with van der Waals surface area (Å²) in [5, 5.41) is 4.54. The summed E-state index contributed by atoms with van der Waals surface area (Å²) in [4.78, 5) is 19.9. The summed E-state index contributed by atoms with van der Waals surface area (Å²) in [5.74, 6) is 0.707. The molecule has 4 nitrogen and oxygen atoms in total. The number of hydrogen-bond acceptors (Lipinski definition) is 4. The highest BCUT2D eigenvalue weighted by atomic mass is 14.9. The predicted octanol–water partition coefficient (Wildman–Crippen LogP) is 11.1. The summed E-state index contributed by atoms with van der Waals surface area (Å²) in [7, 11) is 0. The SMILES string of the molecule is c1ccc(-c2cnc3c(c2)c2ccccc2c2cc(-c4ccc(-c5cc(-c6ccccc6)nc(-c6ccccc6)n5)cc4)cnc23)cc1. The van der Waals surface area contributed by atoms with Gasteiger partial charge in [0.05, 0.1) is 22.4 Å². The fourth-order valence-corrected chi connectivity index (χ4v) is 6.52. The minimum absolute atomic E-state index is 0.707. The van der Waals surface area contributed by atoms with Gasteiger partial charge in [0, 0.05) is 51.0 Å². The van der Waals surface area contributed by atoms with E-state index in [9.17, 15) is 0 Å². The second-order valence-corrected chi connectivity index (χ2v) is 11.9. The Labute approximate surface area is 278 Å². The van der Waals surface area contributed by atoms with Crippen LogP contribution in [0.3, 0.4) is 0 Å². The van der Waals surface area contributed by atoms with Gasteiger partial charge in [-0.25, -0.2) is 9.97 Å². The highest BCUT2D eigenvalue weighted by Crippen LogP contribution is 2.37. The molecule has 9 aromatic rings. The number of rotatable bonds is 5. The van der Waals surface area contributed by atoms with Crippen molar-refractivity contribution in [3.05, 3.63) is 170 Å². The van der Waals surface area contributed by atoms with Crippen LogP contribution in [-0.2, 0) is 0 Å². The van der Waals surface area contributed by atoms with Crippen LogP contribution in [0.4, 0.5) is 0 Å². The molecule has 0 saturated carbocycles. The molecule has 0 radical (unpaired) electrons. The van der Waals surface area contributed by atoms with Gasteiger partial charge in [0.2, 0.25) is 0 Å². The quantitative estimate of drug-likeness (QED) is 0.181. The molecule has 4 heteroatoms. The third-order valence-electron chi connectivity index (χ3n) is 8.96. The number of fused-ring (bicyclic) bond motifs is 6. The van der Waals surface area contributed by atoms with Gasteiger partial charge in [-0.2, -0.15) is 0 Å². The molecule has 0 fully saturated rings. The van der Waals surface area contributed by atoms with Crippen LogP contribution in [0.5, 0.6) is 0 Å². The van der Waals surface area contributed by atoms with Crippen molar-refractivity contribution in [2.24, 2.45) is 0 Å². The van der Waals surface area contributed by atoms with E-state index in [2.05, 4.69) is 103 Å². The lowest BCUT2D eigenvalue weighted by molar-refractivity contribution is 1.18. The van der Waals surface area contributed by atoms with Gasteiger partial charge in [0.25, 0.3) is 0 Å². The van der Waals surface area contributed by atoms with Crippen LogP contribution in [0.2, 0.25) is 0 Å². The van der Waals surface area contributed by atoms with Crippen molar-refractivity contribution < 1.29 is 0 Å². The molecular formula is C44H28N4. The molecule has 0 unspecified atom stereocenters. The highest BCUT2D eigenvalue weighted by molar-refractivity contribution is 6.23. The Morgan fingerprint density at radius 2 is 0.688 bits per heavy atom. The maximum Gasteiger partial charge on any atom is 0.160 e. The Morgan fingerprint density at radius 1 is 0.292 bits per heavy atom. The van der Waals surface area contributed by atoms with E-state index in [-0.39, 0.29) is 0 Å². The monoisotopic (exact) mass is 612 g/mol. The first-order chi connectivity index (χ1) is 23.8. The van der Waals surface area contributed by atoms with E-state index in [1.165, 1.54) is 10.8 Å². The zero-order chi connectivity index (χ0) is 31.9. The molecule has 48 heavy (non-hydrogen) atoms. The van der Waals surface area contributed by atoms with Crippen LogP contribution >= 0.6 is 0 Å². The largest absolute Gasteiger partial charge is 0.253 e. The normalized spacial score (nSPS) is 11.3. The molecule has 0 spiro atoms. The third-order valence-corrected chi connectivity index (χ3v) is 8.96. The molecule has 0 bridgehead atoms. The fourth-order valence-electron chi connectivity index (χ4n) is 6.52. The van der Waals surface area contributed by atoms with Gasteiger partial charge in [-0.05, 0) is 40.1 Å². The van der Waals surface area contributed by atoms with Gasteiger partial charge in [-0.1, -0.05) is 140 Å². The molecule has 3 aromatic heterocycles. The minimum Gasteiger partial charge on any atom is -0.253 e. The molecule has 0 aliphatic heterocycles. The Bertz CT molecular complexity index is 2500. The van der Waals surface area contributed by atoms with Gasteiger partial charge in [0.1, 0.15) is 0 Å². The molecule has 0 aliphatic carbocycles. The maximum atomic E-state index is 5.03. The average Bonchev–Trinajstić information content (AvgIpc) is 3.18. The Morgan fingerprint density at radius 3 is 1.21 bits per heavy atom. The van der Waals surface area contributed by atoms with Crippen molar-refractivity contribution in [3.8, 4) is 56.2 Å². The molecule has 0 aliphatic rings. The molecule has 0 N–H and O–H groups in total. The van der Waals surface area contributed by atoms with E-state index in [4.69, 9.17) is 19.9 Å².